The van der Waals surface area contributed by atoms with E-state index in [2.05, 4.69) is 20.3 Å². The number of hydrogen-bond donors (Lipinski definition) is 3. The lowest BCUT2D eigenvalue weighted by atomic mass is 10.1. The lowest BCUT2D eigenvalue weighted by Crippen LogP contribution is -2.43. The van der Waals surface area contributed by atoms with E-state index in [-0.39, 0.29) is 10.8 Å². The van der Waals surface area contributed by atoms with E-state index in [1.54, 1.807) is 37.4 Å². The van der Waals surface area contributed by atoms with E-state index in [4.69, 9.17) is 9.47 Å². The molecule has 1 saturated heterocycles. The minimum Gasteiger partial charge on any atom is -0.494 e. The SMILES string of the molecule is CCOc1ccc(S(=O)(=O)Nc2cc(C(=O)NCCOC)ccc2N2CCNCC2)cc1. The van der Waals surface area contributed by atoms with Crippen LogP contribution in [0.5, 0.6) is 5.75 Å². The number of amides is 1. The number of ether oxygens (including phenoxy) is 2. The zero-order valence-corrected chi connectivity index (χ0v) is 19.2. The molecule has 1 aliphatic rings. The number of carbonyl (C=O) groups excluding carboxylic acids is 1. The van der Waals surface area contributed by atoms with Crippen LogP contribution in [0.1, 0.15) is 17.3 Å². The number of sulfonamides is 1. The number of piperazine rings is 1. The molecule has 0 unspecified atom stereocenters. The van der Waals surface area contributed by atoms with E-state index in [0.29, 0.717) is 36.8 Å². The average molecular weight is 463 g/mol. The second-order valence-electron chi connectivity index (χ2n) is 7.23. The Morgan fingerprint density at radius 3 is 2.50 bits per heavy atom. The van der Waals surface area contributed by atoms with Gasteiger partial charge in [0.1, 0.15) is 5.75 Å². The lowest BCUT2D eigenvalue weighted by molar-refractivity contribution is 0.0937. The molecule has 0 saturated carbocycles. The Labute approximate surface area is 189 Å². The maximum atomic E-state index is 13.1. The van der Waals surface area contributed by atoms with Crippen molar-refractivity contribution in [2.24, 2.45) is 0 Å². The highest BCUT2D eigenvalue weighted by atomic mass is 32.2. The molecule has 3 N–H and O–H groups in total. The summed E-state index contributed by atoms with van der Waals surface area (Å²) in [6, 6.07) is 11.3. The molecule has 0 radical (unpaired) electrons. The normalized spacial score (nSPS) is 14.1. The highest BCUT2D eigenvalue weighted by Crippen LogP contribution is 2.30. The number of hydrogen-bond acceptors (Lipinski definition) is 7. The van der Waals surface area contributed by atoms with Crippen LogP contribution in [0.2, 0.25) is 0 Å². The third-order valence-electron chi connectivity index (χ3n) is 5.00. The summed E-state index contributed by atoms with van der Waals surface area (Å²) < 4.78 is 39.2. The minimum absolute atomic E-state index is 0.113. The second kappa shape index (κ2) is 11.2. The van der Waals surface area contributed by atoms with Crippen LogP contribution < -0.4 is 25.0 Å². The average Bonchev–Trinajstić information content (AvgIpc) is 2.80. The van der Waals surface area contributed by atoms with Gasteiger partial charge in [-0.1, -0.05) is 0 Å². The van der Waals surface area contributed by atoms with Crippen molar-refractivity contribution < 1.29 is 22.7 Å². The molecule has 0 bridgehead atoms. The molecule has 1 aliphatic heterocycles. The Kier molecular flexibility index (Phi) is 8.32. The molecule has 1 fully saturated rings. The fourth-order valence-electron chi connectivity index (χ4n) is 3.39. The minimum atomic E-state index is -3.87. The van der Waals surface area contributed by atoms with Crippen LogP contribution in [0.4, 0.5) is 11.4 Å². The topological polar surface area (TPSA) is 109 Å². The van der Waals surface area contributed by atoms with Gasteiger partial charge in [0.05, 0.1) is 29.5 Å². The highest BCUT2D eigenvalue weighted by molar-refractivity contribution is 7.92. The van der Waals surface area contributed by atoms with Crippen molar-refractivity contribution >= 4 is 27.3 Å². The Hall–Kier alpha value is -2.82. The predicted molar refractivity (Wildman–Crippen MR) is 124 cm³/mol. The van der Waals surface area contributed by atoms with Gasteiger partial charge >= 0.3 is 0 Å². The maximum Gasteiger partial charge on any atom is 0.261 e. The van der Waals surface area contributed by atoms with Gasteiger partial charge in [-0.2, -0.15) is 0 Å². The quantitative estimate of drug-likeness (QED) is 0.461. The standard InChI is InChI=1S/C22H30N4O5S/c1-3-31-18-5-7-19(8-6-18)32(28,29)25-20-16-17(22(27)24-12-15-30-2)4-9-21(20)26-13-10-23-11-14-26/h4-9,16,23,25H,3,10-15H2,1-2H3,(H,24,27). The number of anilines is 2. The van der Waals surface area contributed by atoms with Crippen molar-refractivity contribution in [3.05, 3.63) is 48.0 Å². The molecule has 0 aliphatic carbocycles. The summed E-state index contributed by atoms with van der Waals surface area (Å²) in [5.41, 5.74) is 1.46. The Balaban J connectivity index is 1.89. The molecule has 0 spiro atoms. The number of methoxy groups -OCH3 is 1. The first-order valence-corrected chi connectivity index (χ1v) is 12.1. The van der Waals surface area contributed by atoms with Gasteiger partial charge in [-0.3, -0.25) is 9.52 Å². The van der Waals surface area contributed by atoms with E-state index in [0.717, 1.165) is 31.9 Å². The van der Waals surface area contributed by atoms with E-state index < -0.39 is 10.0 Å². The van der Waals surface area contributed by atoms with Gasteiger partial charge in [0.2, 0.25) is 0 Å². The van der Waals surface area contributed by atoms with Gasteiger partial charge in [-0.05, 0) is 49.4 Å². The van der Waals surface area contributed by atoms with Crippen LogP contribution in [-0.4, -0.2) is 67.4 Å². The number of nitrogens with one attached hydrogen (secondary N) is 3. The fraction of sp³-hybridized carbons (Fsp3) is 0.409. The zero-order chi connectivity index (χ0) is 23.0. The molecule has 0 atom stereocenters. The number of benzene rings is 2. The van der Waals surface area contributed by atoms with Crippen molar-refractivity contribution in [1.82, 2.24) is 10.6 Å². The maximum absolute atomic E-state index is 13.1. The summed E-state index contributed by atoms with van der Waals surface area (Å²) in [6.45, 7) is 6.17. The summed E-state index contributed by atoms with van der Waals surface area (Å²) in [5.74, 6) is 0.304. The summed E-state index contributed by atoms with van der Waals surface area (Å²) >= 11 is 0. The van der Waals surface area contributed by atoms with Crippen molar-refractivity contribution in [2.45, 2.75) is 11.8 Å². The van der Waals surface area contributed by atoms with Crippen molar-refractivity contribution in [3.63, 3.8) is 0 Å². The first-order chi connectivity index (χ1) is 15.4. The summed E-state index contributed by atoms with van der Waals surface area (Å²) in [4.78, 5) is 14.7. The lowest BCUT2D eigenvalue weighted by Gasteiger charge is -2.31. The molecule has 0 aromatic heterocycles. The molecule has 174 valence electrons. The van der Waals surface area contributed by atoms with Gasteiger partial charge < -0.3 is 25.0 Å². The molecule has 9 nitrogen and oxygen atoms in total. The third kappa shape index (κ3) is 6.12. The summed E-state index contributed by atoms with van der Waals surface area (Å²) in [6.07, 6.45) is 0. The van der Waals surface area contributed by atoms with E-state index in [9.17, 15) is 13.2 Å². The van der Waals surface area contributed by atoms with Crippen LogP contribution in [0.15, 0.2) is 47.4 Å². The molecule has 1 heterocycles. The third-order valence-corrected chi connectivity index (χ3v) is 6.38. The van der Waals surface area contributed by atoms with Crippen molar-refractivity contribution in [2.75, 3.05) is 62.7 Å². The van der Waals surface area contributed by atoms with Crippen LogP contribution in [0.25, 0.3) is 0 Å². The molecular formula is C22H30N4O5S. The van der Waals surface area contributed by atoms with Gasteiger partial charge in [0.15, 0.2) is 0 Å². The molecule has 2 aromatic rings. The number of rotatable bonds is 10. The van der Waals surface area contributed by atoms with Gasteiger partial charge in [0.25, 0.3) is 15.9 Å². The molecule has 32 heavy (non-hydrogen) atoms. The molecule has 2 aromatic carbocycles. The highest BCUT2D eigenvalue weighted by Gasteiger charge is 2.21. The number of carbonyl (C=O) groups is 1. The first-order valence-electron chi connectivity index (χ1n) is 10.6. The summed E-state index contributed by atoms with van der Waals surface area (Å²) in [5, 5.41) is 6.04. The van der Waals surface area contributed by atoms with E-state index in [1.165, 1.54) is 12.1 Å². The zero-order valence-electron chi connectivity index (χ0n) is 18.4. The summed E-state index contributed by atoms with van der Waals surface area (Å²) in [7, 11) is -2.31. The number of nitrogens with zero attached hydrogens (tertiary/aromatic N) is 1. The van der Waals surface area contributed by atoms with Crippen molar-refractivity contribution in [1.29, 1.82) is 0 Å². The molecular weight excluding hydrogens is 432 g/mol. The Morgan fingerprint density at radius 1 is 1.12 bits per heavy atom. The first kappa shape index (κ1) is 23.8. The Bertz CT molecular complexity index is 1010. The van der Waals surface area contributed by atoms with Gasteiger partial charge in [-0.25, -0.2) is 8.42 Å². The monoisotopic (exact) mass is 462 g/mol. The van der Waals surface area contributed by atoms with Gasteiger partial charge in [0, 0.05) is 45.4 Å². The van der Waals surface area contributed by atoms with Crippen LogP contribution in [0.3, 0.4) is 0 Å². The second-order valence-corrected chi connectivity index (χ2v) is 8.91. The largest absolute Gasteiger partial charge is 0.494 e. The van der Waals surface area contributed by atoms with Crippen LogP contribution in [0, 0.1) is 0 Å². The Morgan fingerprint density at radius 2 is 1.84 bits per heavy atom. The molecule has 10 heteroatoms. The molecule has 1 amide bonds. The smallest absolute Gasteiger partial charge is 0.261 e. The predicted octanol–water partition coefficient (Wildman–Crippen LogP) is 1.67. The van der Waals surface area contributed by atoms with Crippen molar-refractivity contribution in [3.8, 4) is 5.75 Å². The fourth-order valence-corrected chi connectivity index (χ4v) is 4.46. The van der Waals surface area contributed by atoms with E-state index in [1.807, 2.05) is 6.92 Å². The van der Waals surface area contributed by atoms with Gasteiger partial charge in [-0.15, -0.1) is 0 Å². The van der Waals surface area contributed by atoms with Crippen LogP contribution >= 0.6 is 0 Å². The van der Waals surface area contributed by atoms with Crippen LogP contribution in [-0.2, 0) is 14.8 Å². The van der Waals surface area contributed by atoms with E-state index >= 15 is 0 Å². The molecule has 3 rings (SSSR count).